The maximum atomic E-state index is 12.6. The van der Waals surface area contributed by atoms with Gasteiger partial charge in [0.25, 0.3) is 5.91 Å². The lowest BCUT2D eigenvalue weighted by molar-refractivity contribution is -0.127. The van der Waals surface area contributed by atoms with Gasteiger partial charge >= 0.3 is 0 Å². The third-order valence-corrected chi connectivity index (χ3v) is 5.35. The van der Waals surface area contributed by atoms with Crippen molar-refractivity contribution < 1.29 is 9.59 Å². The maximum absolute atomic E-state index is 12.6. The summed E-state index contributed by atoms with van der Waals surface area (Å²) in [6.07, 6.45) is 2.16. The van der Waals surface area contributed by atoms with Crippen molar-refractivity contribution >= 4 is 40.9 Å². The van der Waals surface area contributed by atoms with E-state index in [4.69, 9.17) is 11.6 Å². The molecule has 1 N–H and O–H groups in total. The fourth-order valence-electron chi connectivity index (χ4n) is 2.71. The highest BCUT2D eigenvalue weighted by Gasteiger charge is 2.19. The van der Waals surface area contributed by atoms with E-state index in [0.717, 1.165) is 30.8 Å². The molecule has 0 radical (unpaired) electrons. The summed E-state index contributed by atoms with van der Waals surface area (Å²) in [5.74, 6) is 0.292. The Morgan fingerprint density at radius 2 is 1.72 bits per heavy atom. The third-order valence-electron chi connectivity index (χ3n) is 4.04. The number of amides is 2. The summed E-state index contributed by atoms with van der Waals surface area (Å²) < 4.78 is 0. The average Bonchev–Trinajstić information content (AvgIpc) is 3.16. The Balaban J connectivity index is 1.66. The number of hydrogen-bond acceptors (Lipinski definition) is 3. The van der Waals surface area contributed by atoms with Crippen LogP contribution in [0.5, 0.6) is 0 Å². The van der Waals surface area contributed by atoms with Crippen LogP contribution in [0.15, 0.2) is 53.4 Å². The van der Waals surface area contributed by atoms with Crippen molar-refractivity contribution in [2.45, 2.75) is 17.7 Å². The molecule has 25 heavy (non-hydrogen) atoms. The van der Waals surface area contributed by atoms with Gasteiger partial charge in [0, 0.05) is 28.7 Å². The number of nitrogens with one attached hydrogen (secondary N) is 1. The van der Waals surface area contributed by atoms with E-state index in [2.05, 4.69) is 5.32 Å². The molecule has 0 unspecified atom stereocenters. The lowest BCUT2D eigenvalue weighted by atomic mass is 10.2. The second kappa shape index (κ2) is 8.41. The Morgan fingerprint density at radius 1 is 1.04 bits per heavy atom. The summed E-state index contributed by atoms with van der Waals surface area (Å²) in [6.45, 7) is 1.69. The molecule has 0 bridgehead atoms. The summed E-state index contributed by atoms with van der Waals surface area (Å²) in [5, 5.41) is 3.48. The van der Waals surface area contributed by atoms with Gasteiger partial charge in [-0.1, -0.05) is 23.7 Å². The number of carbonyl (C=O) groups excluding carboxylic acids is 2. The molecule has 0 aromatic heterocycles. The fourth-order valence-corrected chi connectivity index (χ4v) is 3.79. The molecule has 1 aliphatic heterocycles. The van der Waals surface area contributed by atoms with Crippen LogP contribution in [-0.4, -0.2) is 35.6 Å². The molecular formula is C19H19ClN2O2S. The molecule has 4 nitrogen and oxygen atoms in total. The van der Waals surface area contributed by atoms with Crippen molar-refractivity contribution in [3.8, 4) is 0 Å². The van der Waals surface area contributed by atoms with Gasteiger partial charge in [-0.2, -0.15) is 0 Å². The Hall–Kier alpha value is -1.98. The molecule has 1 fully saturated rings. The summed E-state index contributed by atoms with van der Waals surface area (Å²) in [4.78, 5) is 27.5. The zero-order chi connectivity index (χ0) is 17.6. The van der Waals surface area contributed by atoms with Crippen LogP contribution < -0.4 is 5.32 Å². The molecule has 1 heterocycles. The van der Waals surface area contributed by atoms with Crippen LogP contribution in [0.3, 0.4) is 0 Å². The summed E-state index contributed by atoms with van der Waals surface area (Å²) >= 11 is 7.27. The Morgan fingerprint density at radius 3 is 2.44 bits per heavy atom. The number of carbonyl (C=O) groups is 2. The molecule has 2 aromatic rings. The van der Waals surface area contributed by atoms with Crippen LogP contribution in [0.4, 0.5) is 5.69 Å². The van der Waals surface area contributed by atoms with Gasteiger partial charge in [-0.15, -0.1) is 11.8 Å². The largest absolute Gasteiger partial charge is 0.342 e. The van der Waals surface area contributed by atoms with Gasteiger partial charge in [-0.05, 0) is 49.2 Å². The Kier molecular flexibility index (Phi) is 6.00. The Labute approximate surface area is 156 Å². The SMILES string of the molecule is O=C(Nc1ccc(Cl)cc1)c1ccccc1SCC(=O)N1CCCC1. The normalized spacial score (nSPS) is 13.7. The molecule has 1 saturated heterocycles. The van der Waals surface area contributed by atoms with E-state index in [1.54, 1.807) is 30.3 Å². The van der Waals surface area contributed by atoms with Crippen molar-refractivity contribution in [2.24, 2.45) is 0 Å². The van der Waals surface area contributed by atoms with E-state index >= 15 is 0 Å². The first-order chi connectivity index (χ1) is 12.1. The molecule has 0 atom stereocenters. The van der Waals surface area contributed by atoms with E-state index in [9.17, 15) is 9.59 Å². The van der Waals surface area contributed by atoms with Gasteiger partial charge in [0.2, 0.25) is 5.91 Å². The molecule has 0 spiro atoms. The number of likely N-dealkylation sites (tertiary alicyclic amines) is 1. The summed E-state index contributed by atoms with van der Waals surface area (Å²) in [5.41, 5.74) is 1.25. The molecule has 2 amide bonds. The number of halogens is 1. The highest BCUT2D eigenvalue weighted by molar-refractivity contribution is 8.00. The zero-order valence-corrected chi connectivity index (χ0v) is 15.3. The quantitative estimate of drug-likeness (QED) is 0.793. The van der Waals surface area contributed by atoms with E-state index in [1.165, 1.54) is 11.8 Å². The van der Waals surface area contributed by atoms with E-state index in [-0.39, 0.29) is 11.8 Å². The third kappa shape index (κ3) is 4.77. The first-order valence-corrected chi connectivity index (χ1v) is 9.56. The minimum Gasteiger partial charge on any atom is -0.342 e. The van der Waals surface area contributed by atoms with Crippen molar-refractivity contribution in [1.29, 1.82) is 0 Å². The van der Waals surface area contributed by atoms with Gasteiger partial charge in [-0.25, -0.2) is 0 Å². The molecule has 130 valence electrons. The number of thioether (sulfide) groups is 1. The molecular weight excluding hydrogens is 356 g/mol. The van der Waals surface area contributed by atoms with E-state index < -0.39 is 0 Å². The molecule has 0 saturated carbocycles. The highest BCUT2D eigenvalue weighted by Crippen LogP contribution is 2.25. The molecule has 3 rings (SSSR count). The number of hydrogen-bond donors (Lipinski definition) is 1. The molecule has 0 aliphatic carbocycles. The van der Waals surface area contributed by atoms with E-state index in [1.807, 2.05) is 23.1 Å². The average molecular weight is 375 g/mol. The van der Waals surface area contributed by atoms with Crippen LogP contribution in [0.1, 0.15) is 23.2 Å². The van der Waals surface area contributed by atoms with Crippen LogP contribution >= 0.6 is 23.4 Å². The van der Waals surface area contributed by atoms with Crippen molar-refractivity contribution in [3.63, 3.8) is 0 Å². The topological polar surface area (TPSA) is 49.4 Å². The number of nitrogens with zero attached hydrogens (tertiary/aromatic N) is 1. The van der Waals surface area contributed by atoms with Gasteiger partial charge in [0.15, 0.2) is 0 Å². The lowest BCUT2D eigenvalue weighted by Gasteiger charge is -2.15. The first-order valence-electron chi connectivity index (χ1n) is 8.20. The van der Waals surface area contributed by atoms with Crippen LogP contribution in [0, 0.1) is 0 Å². The predicted octanol–water partition coefficient (Wildman–Crippen LogP) is 4.31. The van der Waals surface area contributed by atoms with Crippen molar-refractivity contribution in [1.82, 2.24) is 4.90 Å². The zero-order valence-electron chi connectivity index (χ0n) is 13.7. The molecule has 6 heteroatoms. The number of benzene rings is 2. The number of rotatable bonds is 5. The van der Waals surface area contributed by atoms with Crippen LogP contribution in [-0.2, 0) is 4.79 Å². The highest BCUT2D eigenvalue weighted by atomic mass is 35.5. The first kappa shape index (κ1) is 17.8. The summed E-state index contributed by atoms with van der Waals surface area (Å²) in [7, 11) is 0. The van der Waals surface area contributed by atoms with Gasteiger partial charge in [0.1, 0.15) is 0 Å². The predicted molar refractivity (Wildman–Crippen MR) is 102 cm³/mol. The number of anilines is 1. The fraction of sp³-hybridized carbons (Fsp3) is 0.263. The Bertz CT molecular complexity index is 758. The second-order valence-electron chi connectivity index (χ2n) is 5.83. The molecule has 1 aliphatic rings. The summed E-state index contributed by atoms with van der Waals surface area (Å²) in [6, 6.07) is 14.3. The van der Waals surface area contributed by atoms with E-state index in [0.29, 0.717) is 22.0 Å². The molecule has 2 aromatic carbocycles. The minimum atomic E-state index is -0.195. The van der Waals surface area contributed by atoms with Gasteiger partial charge in [0.05, 0.1) is 11.3 Å². The van der Waals surface area contributed by atoms with Gasteiger partial charge in [-0.3, -0.25) is 9.59 Å². The maximum Gasteiger partial charge on any atom is 0.256 e. The lowest BCUT2D eigenvalue weighted by Crippen LogP contribution is -2.29. The minimum absolute atomic E-state index is 0.135. The monoisotopic (exact) mass is 374 g/mol. The van der Waals surface area contributed by atoms with Crippen LogP contribution in [0.2, 0.25) is 5.02 Å². The standard InChI is InChI=1S/C19H19ClN2O2S/c20-14-7-9-15(10-8-14)21-19(24)16-5-1-2-6-17(16)25-13-18(23)22-11-3-4-12-22/h1-2,5-10H,3-4,11-13H2,(H,21,24). The van der Waals surface area contributed by atoms with Crippen molar-refractivity contribution in [3.05, 3.63) is 59.1 Å². The smallest absolute Gasteiger partial charge is 0.256 e. The van der Waals surface area contributed by atoms with Crippen LogP contribution in [0.25, 0.3) is 0 Å². The van der Waals surface area contributed by atoms with Gasteiger partial charge < -0.3 is 10.2 Å². The second-order valence-corrected chi connectivity index (χ2v) is 7.29. The van der Waals surface area contributed by atoms with Crippen molar-refractivity contribution in [2.75, 3.05) is 24.2 Å².